The first-order valence-corrected chi connectivity index (χ1v) is 17.2. The van der Waals surface area contributed by atoms with Crippen molar-refractivity contribution >= 4 is 0 Å². The van der Waals surface area contributed by atoms with E-state index in [0.29, 0.717) is 0 Å². The van der Waals surface area contributed by atoms with Gasteiger partial charge >= 0.3 is 0 Å². The van der Waals surface area contributed by atoms with Crippen LogP contribution in [0.25, 0.3) is 0 Å². The van der Waals surface area contributed by atoms with Gasteiger partial charge < -0.3 is 5.11 Å². The van der Waals surface area contributed by atoms with Gasteiger partial charge in [-0.1, -0.05) is 187 Å². The molecule has 36 heavy (non-hydrogen) atoms. The predicted octanol–water partition coefficient (Wildman–Crippen LogP) is 11.6. The molecule has 2 N–H and O–H groups in total. The molecule has 0 aromatic carbocycles. The summed E-state index contributed by atoms with van der Waals surface area (Å²) in [6, 6.07) is 0. The van der Waals surface area contributed by atoms with Crippen molar-refractivity contribution < 1.29 is 5.11 Å². The predicted molar refractivity (Wildman–Crippen MR) is 164 cm³/mol. The number of nitrogens with one attached hydrogen (secondary N) is 1. The molecule has 1 unspecified atom stereocenters. The Hall–Kier alpha value is -0.0800. The standard InChI is InChI=1S/C34H71NO/c1-3-5-7-9-11-13-15-16-17-18-19-20-21-22-23-24-26-28-30-32-34(36)35-33-31-29-27-25-14-12-10-8-6-4-2/h34-36H,3-33H2,1-2H3. The summed E-state index contributed by atoms with van der Waals surface area (Å²) in [5.74, 6) is 0. The van der Waals surface area contributed by atoms with Crippen molar-refractivity contribution in [2.75, 3.05) is 6.54 Å². The highest BCUT2D eigenvalue weighted by Gasteiger charge is 2.02. The molecule has 0 aromatic heterocycles. The van der Waals surface area contributed by atoms with E-state index in [0.717, 1.165) is 13.0 Å². The third kappa shape index (κ3) is 31.9. The van der Waals surface area contributed by atoms with Gasteiger partial charge in [-0.3, -0.25) is 5.32 Å². The monoisotopic (exact) mass is 510 g/mol. The molecule has 2 heteroatoms. The Balaban J connectivity index is 3.12. The Bertz CT molecular complexity index is 372. The van der Waals surface area contributed by atoms with Crippen LogP contribution in [0.15, 0.2) is 0 Å². The van der Waals surface area contributed by atoms with Gasteiger partial charge in [-0.05, 0) is 25.8 Å². The van der Waals surface area contributed by atoms with E-state index in [1.54, 1.807) is 0 Å². The second-order valence-electron chi connectivity index (χ2n) is 11.8. The summed E-state index contributed by atoms with van der Waals surface area (Å²) in [5.41, 5.74) is 0. The largest absolute Gasteiger partial charge is 0.379 e. The van der Waals surface area contributed by atoms with E-state index in [-0.39, 0.29) is 6.23 Å². The number of aliphatic hydroxyl groups excluding tert-OH is 1. The minimum atomic E-state index is -0.283. The molecule has 1 atom stereocenters. The van der Waals surface area contributed by atoms with Crippen molar-refractivity contribution in [3.8, 4) is 0 Å². The summed E-state index contributed by atoms with van der Waals surface area (Å²) in [5, 5.41) is 13.4. The Morgan fingerprint density at radius 3 is 0.917 bits per heavy atom. The van der Waals surface area contributed by atoms with Gasteiger partial charge in [0.25, 0.3) is 0 Å². The van der Waals surface area contributed by atoms with Crippen molar-refractivity contribution in [2.45, 2.75) is 213 Å². The van der Waals surface area contributed by atoms with Gasteiger partial charge in [0.15, 0.2) is 0 Å². The van der Waals surface area contributed by atoms with Crippen LogP contribution in [0.2, 0.25) is 0 Å². The highest BCUT2D eigenvalue weighted by molar-refractivity contribution is 4.57. The summed E-state index contributed by atoms with van der Waals surface area (Å²) in [6.07, 6.45) is 41.3. The molecular weight excluding hydrogens is 438 g/mol. The Morgan fingerprint density at radius 2 is 0.611 bits per heavy atom. The van der Waals surface area contributed by atoms with Crippen LogP contribution in [0.5, 0.6) is 0 Å². The molecule has 0 amide bonds. The zero-order valence-corrected chi connectivity index (χ0v) is 25.4. The molecule has 0 aliphatic rings. The summed E-state index contributed by atoms with van der Waals surface area (Å²) in [6.45, 7) is 5.57. The maximum Gasteiger partial charge on any atom is 0.104 e. The third-order valence-corrected chi connectivity index (χ3v) is 7.99. The normalized spacial score (nSPS) is 12.4. The second-order valence-corrected chi connectivity index (χ2v) is 11.8. The zero-order valence-electron chi connectivity index (χ0n) is 25.4. The highest BCUT2D eigenvalue weighted by atomic mass is 16.3. The molecule has 0 fully saturated rings. The molecule has 0 saturated heterocycles. The number of hydrogen-bond acceptors (Lipinski definition) is 2. The molecular formula is C34H71NO. The van der Waals surface area contributed by atoms with E-state index in [1.807, 2.05) is 0 Å². The van der Waals surface area contributed by atoms with Gasteiger partial charge in [-0.15, -0.1) is 0 Å². The molecule has 0 aliphatic carbocycles. The van der Waals surface area contributed by atoms with Crippen LogP contribution in [0.3, 0.4) is 0 Å². The van der Waals surface area contributed by atoms with Gasteiger partial charge in [-0.25, -0.2) is 0 Å². The zero-order chi connectivity index (χ0) is 26.2. The quantitative estimate of drug-likeness (QED) is 0.0698. The first kappa shape index (κ1) is 35.9. The summed E-state index contributed by atoms with van der Waals surface area (Å²) < 4.78 is 0. The molecule has 0 aliphatic heterocycles. The van der Waals surface area contributed by atoms with E-state index < -0.39 is 0 Å². The fraction of sp³-hybridized carbons (Fsp3) is 1.00. The summed E-state index contributed by atoms with van der Waals surface area (Å²) in [4.78, 5) is 0. The lowest BCUT2D eigenvalue weighted by molar-refractivity contribution is 0.124. The van der Waals surface area contributed by atoms with Crippen molar-refractivity contribution in [2.24, 2.45) is 0 Å². The fourth-order valence-electron chi connectivity index (χ4n) is 5.40. The van der Waals surface area contributed by atoms with Crippen LogP contribution in [0.4, 0.5) is 0 Å². The second kappa shape index (κ2) is 32.9. The van der Waals surface area contributed by atoms with Crippen molar-refractivity contribution in [3.05, 3.63) is 0 Å². The molecule has 0 aromatic rings. The van der Waals surface area contributed by atoms with E-state index in [9.17, 15) is 5.11 Å². The smallest absolute Gasteiger partial charge is 0.104 e. The van der Waals surface area contributed by atoms with E-state index in [2.05, 4.69) is 19.2 Å². The molecule has 0 spiro atoms. The van der Waals surface area contributed by atoms with Gasteiger partial charge in [-0.2, -0.15) is 0 Å². The fourth-order valence-corrected chi connectivity index (χ4v) is 5.40. The maximum absolute atomic E-state index is 10.1. The molecule has 0 radical (unpaired) electrons. The van der Waals surface area contributed by atoms with Crippen LogP contribution in [-0.4, -0.2) is 17.9 Å². The van der Waals surface area contributed by atoms with Gasteiger partial charge in [0, 0.05) is 0 Å². The van der Waals surface area contributed by atoms with Crippen LogP contribution in [0, 0.1) is 0 Å². The first-order valence-electron chi connectivity index (χ1n) is 17.2. The van der Waals surface area contributed by atoms with Gasteiger partial charge in [0.05, 0.1) is 0 Å². The average Bonchev–Trinajstić information content (AvgIpc) is 2.88. The number of aliphatic hydroxyl groups is 1. The Labute approximate surface area is 229 Å². The highest BCUT2D eigenvalue weighted by Crippen LogP contribution is 2.15. The lowest BCUT2D eigenvalue weighted by Crippen LogP contribution is -2.29. The lowest BCUT2D eigenvalue weighted by Gasteiger charge is -2.12. The number of hydrogen-bond donors (Lipinski definition) is 2. The minimum Gasteiger partial charge on any atom is -0.379 e. The van der Waals surface area contributed by atoms with Crippen molar-refractivity contribution in [1.29, 1.82) is 0 Å². The molecule has 2 nitrogen and oxygen atoms in total. The molecule has 0 bridgehead atoms. The van der Waals surface area contributed by atoms with Crippen LogP contribution in [-0.2, 0) is 0 Å². The average molecular weight is 510 g/mol. The number of unbranched alkanes of at least 4 members (excludes halogenated alkanes) is 27. The van der Waals surface area contributed by atoms with Crippen molar-refractivity contribution in [1.82, 2.24) is 5.32 Å². The van der Waals surface area contributed by atoms with Gasteiger partial charge in [0.1, 0.15) is 6.23 Å². The Kier molecular flexibility index (Phi) is 32.9. The minimum absolute atomic E-state index is 0.283. The van der Waals surface area contributed by atoms with E-state index in [1.165, 1.54) is 186 Å². The molecule has 0 heterocycles. The van der Waals surface area contributed by atoms with E-state index >= 15 is 0 Å². The Morgan fingerprint density at radius 1 is 0.361 bits per heavy atom. The van der Waals surface area contributed by atoms with Crippen LogP contribution >= 0.6 is 0 Å². The topological polar surface area (TPSA) is 32.3 Å². The summed E-state index contributed by atoms with van der Waals surface area (Å²) in [7, 11) is 0. The third-order valence-electron chi connectivity index (χ3n) is 7.99. The molecule has 0 saturated carbocycles. The van der Waals surface area contributed by atoms with Crippen molar-refractivity contribution in [3.63, 3.8) is 0 Å². The van der Waals surface area contributed by atoms with Crippen LogP contribution in [0.1, 0.15) is 206 Å². The number of rotatable bonds is 32. The SMILES string of the molecule is CCCCCCCCCCCCCCCCCCCCCC(O)NCCCCCCCCCCCC. The molecule has 0 rings (SSSR count). The van der Waals surface area contributed by atoms with E-state index in [4.69, 9.17) is 0 Å². The first-order chi connectivity index (χ1) is 17.8. The summed E-state index contributed by atoms with van der Waals surface area (Å²) >= 11 is 0. The lowest BCUT2D eigenvalue weighted by atomic mass is 10.0. The molecule has 218 valence electrons. The van der Waals surface area contributed by atoms with Gasteiger partial charge in [0.2, 0.25) is 0 Å². The van der Waals surface area contributed by atoms with Crippen LogP contribution < -0.4 is 5.32 Å². The maximum atomic E-state index is 10.1.